The maximum absolute atomic E-state index is 13.2. The average molecular weight is 440 g/mol. The molecule has 8 nitrogen and oxygen atoms in total. The molecule has 0 spiro atoms. The molecule has 1 aromatic carbocycles. The largest absolute Gasteiger partial charge is 0.490 e. The fourth-order valence-corrected chi connectivity index (χ4v) is 5.80. The summed E-state index contributed by atoms with van der Waals surface area (Å²) in [5, 5.41) is 12.9. The molecule has 9 heteroatoms. The van der Waals surface area contributed by atoms with Gasteiger partial charge in [-0.15, -0.1) is 0 Å². The van der Waals surface area contributed by atoms with Crippen LogP contribution in [0.5, 0.6) is 5.75 Å². The summed E-state index contributed by atoms with van der Waals surface area (Å²) in [6.07, 6.45) is 1.89. The molecule has 0 unspecified atom stereocenters. The quantitative estimate of drug-likeness (QED) is 0.732. The number of ether oxygens (including phenoxy) is 1. The number of carboxylic acid groups (broad SMARTS) is 1. The predicted octanol–water partition coefficient (Wildman–Crippen LogP) is 2.75. The van der Waals surface area contributed by atoms with Crippen molar-refractivity contribution in [2.24, 2.45) is 0 Å². The van der Waals surface area contributed by atoms with Gasteiger partial charge in [0.1, 0.15) is 11.9 Å². The molecule has 2 N–H and O–H groups in total. The Hall–Kier alpha value is -1.84. The second-order valence-electron chi connectivity index (χ2n) is 9.00. The van der Waals surface area contributed by atoms with Crippen LogP contribution in [0.4, 0.5) is 4.79 Å². The van der Waals surface area contributed by atoms with Crippen LogP contribution in [-0.4, -0.2) is 72.7 Å². The van der Waals surface area contributed by atoms with Crippen LogP contribution in [0.25, 0.3) is 0 Å². The van der Waals surface area contributed by atoms with Gasteiger partial charge < -0.3 is 20.1 Å². The monoisotopic (exact) mass is 439 g/mol. The normalized spacial score (nSPS) is 20.1. The second kappa shape index (κ2) is 9.11. The second-order valence-corrected chi connectivity index (χ2v) is 10.9. The smallest absolute Gasteiger partial charge is 0.407 e. The molecule has 2 fully saturated rings. The predicted molar refractivity (Wildman–Crippen MR) is 114 cm³/mol. The molecule has 1 aromatic rings. The van der Waals surface area contributed by atoms with Crippen LogP contribution in [0.3, 0.4) is 0 Å². The molecule has 0 saturated carbocycles. The zero-order chi connectivity index (χ0) is 21.9. The first-order valence-corrected chi connectivity index (χ1v) is 12.0. The molecule has 0 bridgehead atoms. The Kier molecular flexibility index (Phi) is 6.94. The number of rotatable bonds is 5. The summed E-state index contributed by atoms with van der Waals surface area (Å²) >= 11 is 0. The molecule has 0 radical (unpaired) electrons. The molecule has 0 atom stereocenters. The fourth-order valence-electron chi connectivity index (χ4n) is 4.29. The van der Waals surface area contributed by atoms with Crippen LogP contribution >= 0.6 is 0 Å². The van der Waals surface area contributed by atoms with E-state index in [0.29, 0.717) is 31.7 Å². The highest BCUT2D eigenvalue weighted by Crippen LogP contribution is 2.29. The van der Waals surface area contributed by atoms with Gasteiger partial charge in [-0.25, -0.2) is 13.2 Å². The summed E-state index contributed by atoms with van der Waals surface area (Å²) < 4.78 is 33.8. The molecule has 2 aliphatic heterocycles. The lowest BCUT2D eigenvalue weighted by atomic mass is 9.98. The van der Waals surface area contributed by atoms with Gasteiger partial charge in [-0.3, -0.25) is 0 Å². The Morgan fingerprint density at radius 3 is 2.37 bits per heavy atom. The van der Waals surface area contributed by atoms with Gasteiger partial charge in [-0.05, 0) is 71.7 Å². The van der Waals surface area contributed by atoms with Crippen molar-refractivity contribution in [2.75, 3.05) is 26.2 Å². The minimum atomic E-state index is -3.66. The minimum absolute atomic E-state index is 0.0966. The molecular weight excluding hydrogens is 406 g/mol. The maximum atomic E-state index is 13.2. The number of hydrogen-bond acceptors (Lipinski definition) is 5. The third-order valence-corrected chi connectivity index (χ3v) is 7.64. The number of nitrogens with zero attached hydrogens (tertiary/aromatic N) is 2. The molecule has 2 aliphatic rings. The lowest BCUT2D eigenvalue weighted by Gasteiger charge is -2.43. The van der Waals surface area contributed by atoms with Crippen LogP contribution < -0.4 is 10.1 Å². The SMILES string of the molecule is CC(C)(C)N(C(=O)O)C1CCN(S(=O)(=O)c2cccc(OC3CCNCC3)c2)CC1. The van der Waals surface area contributed by atoms with Crippen LogP contribution in [-0.2, 0) is 10.0 Å². The highest BCUT2D eigenvalue weighted by atomic mass is 32.2. The summed E-state index contributed by atoms with van der Waals surface area (Å²) in [5.41, 5.74) is -0.530. The molecule has 0 aliphatic carbocycles. The lowest BCUT2D eigenvalue weighted by molar-refractivity contribution is 0.0523. The van der Waals surface area contributed by atoms with Crippen molar-refractivity contribution in [1.29, 1.82) is 0 Å². The summed E-state index contributed by atoms with van der Waals surface area (Å²) in [6.45, 7) is 7.98. The Balaban J connectivity index is 1.68. The molecule has 2 saturated heterocycles. The van der Waals surface area contributed by atoms with E-state index in [9.17, 15) is 18.3 Å². The van der Waals surface area contributed by atoms with Gasteiger partial charge in [0.25, 0.3) is 0 Å². The number of nitrogens with one attached hydrogen (secondary N) is 1. The van der Waals surface area contributed by atoms with Crippen molar-refractivity contribution in [3.63, 3.8) is 0 Å². The first kappa shape index (κ1) is 22.8. The number of carbonyl (C=O) groups is 1. The first-order valence-electron chi connectivity index (χ1n) is 10.6. The summed E-state index contributed by atoms with van der Waals surface area (Å²) in [6, 6.07) is 6.50. The number of amides is 1. The molecule has 3 rings (SSSR count). The summed E-state index contributed by atoms with van der Waals surface area (Å²) in [5.74, 6) is 0.572. The summed E-state index contributed by atoms with van der Waals surface area (Å²) in [7, 11) is -3.66. The minimum Gasteiger partial charge on any atom is -0.490 e. The van der Waals surface area contributed by atoms with E-state index in [-0.39, 0.29) is 17.0 Å². The Labute approximate surface area is 179 Å². The van der Waals surface area contributed by atoms with Gasteiger partial charge in [-0.2, -0.15) is 4.31 Å². The third kappa shape index (κ3) is 5.25. The first-order chi connectivity index (χ1) is 14.1. The Morgan fingerprint density at radius 1 is 1.17 bits per heavy atom. The highest BCUT2D eigenvalue weighted by molar-refractivity contribution is 7.89. The van der Waals surface area contributed by atoms with Gasteiger partial charge in [-0.1, -0.05) is 6.07 Å². The van der Waals surface area contributed by atoms with Crippen LogP contribution in [0.1, 0.15) is 46.5 Å². The van der Waals surface area contributed by atoms with Crippen LogP contribution in [0.2, 0.25) is 0 Å². The highest BCUT2D eigenvalue weighted by Gasteiger charge is 2.37. The number of piperidine rings is 2. The number of sulfonamides is 1. The van der Waals surface area contributed by atoms with E-state index in [4.69, 9.17) is 4.74 Å². The van der Waals surface area contributed by atoms with E-state index >= 15 is 0 Å². The van der Waals surface area contributed by atoms with Crippen LogP contribution in [0.15, 0.2) is 29.2 Å². The lowest BCUT2D eigenvalue weighted by Crippen LogP contribution is -2.55. The van der Waals surface area contributed by atoms with Crippen molar-refractivity contribution >= 4 is 16.1 Å². The molecule has 2 heterocycles. The van der Waals surface area contributed by atoms with Gasteiger partial charge in [0.05, 0.1) is 4.90 Å². The van der Waals surface area contributed by atoms with Gasteiger partial charge >= 0.3 is 6.09 Å². The van der Waals surface area contributed by atoms with Crippen molar-refractivity contribution in [3.8, 4) is 5.75 Å². The van der Waals surface area contributed by atoms with E-state index in [1.807, 2.05) is 20.8 Å². The third-order valence-electron chi connectivity index (χ3n) is 5.75. The van der Waals surface area contributed by atoms with E-state index in [1.54, 1.807) is 24.3 Å². The maximum Gasteiger partial charge on any atom is 0.407 e. The fraction of sp³-hybridized carbons (Fsp3) is 0.667. The van der Waals surface area contributed by atoms with E-state index in [0.717, 1.165) is 25.9 Å². The molecule has 0 aromatic heterocycles. The van der Waals surface area contributed by atoms with Crippen molar-refractivity contribution in [2.45, 2.75) is 69.0 Å². The average Bonchev–Trinajstić information content (AvgIpc) is 2.68. The summed E-state index contributed by atoms with van der Waals surface area (Å²) in [4.78, 5) is 13.4. The van der Waals surface area contributed by atoms with E-state index < -0.39 is 21.7 Å². The zero-order valence-corrected chi connectivity index (χ0v) is 18.8. The van der Waals surface area contributed by atoms with Gasteiger partial charge in [0.15, 0.2) is 0 Å². The number of benzene rings is 1. The molecule has 1 amide bonds. The standard InChI is InChI=1S/C21H33N3O5S/c1-21(2,3)24(20(25)26)16-9-13-23(14-10-16)30(27,28)19-6-4-5-18(15-19)29-17-7-11-22-12-8-17/h4-6,15-17,22H,7-14H2,1-3H3,(H,25,26). The van der Waals surface area contributed by atoms with Crippen molar-refractivity contribution in [3.05, 3.63) is 24.3 Å². The van der Waals surface area contributed by atoms with Crippen molar-refractivity contribution in [1.82, 2.24) is 14.5 Å². The molecule has 30 heavy (non-hydrogen) atoms. The Bertz CT molecular complexity index is 838. The van der Waals surface area contributed by atoms with E-state index in [1.165, 1.54) is 9.21 Å². The van der Waals surface area contributed by atoms with E-state index in [2.05, 4.69) is 5.32 Å². The Morgan fingerprint density at radius 2 is 1.80 bits per heavy atom. The van der Waals surface area contributed by atoms with Gasteiger partial charge in [0, 0.05) is 30.7 Å². The topological polar surface area (TPSA) is 99.2 Å². The number of hydrogen-bond donors (Lipinski definition) is 2. The van der Waals surface area contributed by atoms with Crippen LogP contribution in [0, 0.1) is 0 Å². The molecule has 168 valence electrons. The molecular formula is C21H33N3O5S. The van der Waals surface area contributed by atoms with Crippen molar-refractivity contribution < 1.29 is 23.1 Å². The zero-order valence-electron chi connectivity index (χ0n) is 18.0. The van der Waals surface area contributed by atoms with Gasteiger partial charge in [0.2, 0.25) is 10.0 Å².